The van der Waals surface area contributed by atoms with Crippen LogP contribution in [0.4, 0.5) is 0 Å². The molecule has 0 bridgehead atoms. The Labute approximate surface area is 122 Å². The van der Waals surface area contributed by atoms with Gasteiger partial charge in [0.25, 0.3) is 0 Å². The van der Waals surface area contributed by atoms with Crippen LogP contribution in [0.5, 0.6) is 5.75 Å². The number of ether oxygens (including phenoxy) is 1. The predicted molar refractivity (Wildman–Crippen MR) is 77.9 cm³/mol. The Morgan fingerprint density at radius 3 is 2.53 bits per heavy atom. The van der Waals surface area contributed by atoms with Crippen molar-refractivity contribution in [2.45, 2.75) is 44.4 Å². The molecule has 0 saturated heterocycles. The average Bonchev–Trinajstić information content (AvgIpc) is 3.07. The van der Waals surface area contributed by atoms with E-state index in [-0.39, 0.29) is 11.8 Å². The zero-order chi connectivity index (χ0) is 14.2. The average molecular weight is 327 g/mol. The minimum atomic E-state index is -0.730. The molecular formula is C15H19BrO3. The molecule has 0 amide bonds. The van der Waals surface area contributed by atoms with Crippen LogP contribution in [-0.4, -0.2) is 18.2 Å². The number of carboxylic acids is 1. The summed E-state index contributed by atoms with van der Waals surface area (Å²) in [6.07, 6.45) is 2.09. The summed E-state index contributed by atoms with van der Waals surface area (Å²) in [6.45, 7) is 4.23. The van der Waals surface area contributed by atoms with E-state index in [1.54, 1.807) is 7.11 Å². The number of halogens is 1. The number of rotatable bonds is 5. The monoisotopic (exact) mass is 326 g/mol. The zero-order valence-corrected chi connectivity index (χ0v) is 13.1. The van der Waals surface area contributed by atoms with Crippen molar-refractivity contribution in [2.75, 3.05) is 7.11 Å². The van der Waals surface area contributed by atoms with Gasteiger partial charge in [0.15, 0.2) is 0 Å². The van der Waals surface area contributed by atoms with Crippen LogP contribution in [-0.2, 0) is 10.2 Å². The van der Waals surface area contributed by atoms with Gasteiger partial charge in [-0.3, -0.25) is 4.79 Å². The Hall–Kier alpha value is -1.03. The van der Waals surface area contributed by atoms with Crippen LogP contribution in [0.3, 0.4) is 0 Å². The van der Waals surface area contributed by atoms with E-state index < -0.39 is 5.97 Å². The number of benzene rings is 1. The van der Waals surface area contributed by atoms with Gasteiger partial charge in [0, 0.05) is 15.5 Å². The molecule has 1 aromatic carbocycles. The van der Waals surface area contributed by atoms with E-state index in [0.717, 1.165) is 34.2 Å². The smallest absolute Gasteiger partial charge is 0.304 e. The largest absolute Gasteiger partial charge is 0.496 e. The normalized spacial score (nSPS) is 16.5. The van der Waals surface area contributed by atoms with Gasteiger partial charge < -0.3 is 9.84 Å². The van der Waals surface area contributed by atoms with E-state index >= 15 is 0 Å². The molecule has 2 rings (SSSR count). The maximum absolute atomic E-state index is 11.1. The third-order valence-electron chi connectivity index (χ3n) is 3.82. The molecule has 3 nitrogen and oxygen atoms in total. The van der Waals surface area contributed by atoms with Crippen molar-refractivity contribution in [1.29, 1.82) is 0 Å². The second-order valence-corrected chi connectivity index (χ2v) is 6.49. The van der Waals surface area contributed by atoms with Gasteiger partial charge in [-0.25, -0.2) is 0 Å². The maximum atomic E-state index is 11.1. The fraction of sp³-hybridized carbons (Fsp3) is 0.533. The van der Waals surface area contributed by atoms with Gasteiger partial charge in [0.05, 0.1) is 13.5 Å². The fourth-order valence-electron chi connectivity index (χ4n) is 2.78. The highest BCUT2D eigenvalue weighted by Crippen LogP contribution is 2.55. The highest BCUT2D eigenvalue weighted by Gasteiger charge is 2.48. The molecule has 0 aliphatic heterocycles. The maximum Gasteiger partial charge on any atom is 0.304 e. The van der Waals surface area contributed by atoms with Crippen molar-refractivity contribution in [3.05, 3.63) is 27.7 Å². The number of carboxylic acid groups (broad SMARTS) is 1. The molecule has 0 unspecified atom stereocenters. The lowest BCUT2D eigenvalue weighted by Gasteiger charge is -2.23. The molecule has 1 fully saturated rings. The Morgan fingerprint density at radius 1 is 1.47 bits per heavy atom. The van der Waals surface area contributed by atoms with Gasteiger partial charge in [-0.1, -0.05) is 29.8 Å². The highest BCUT2D eigenvalue weighted by molar-refractivity contribution is 9.10. The van der Waals surface area contributed by atoms with Crippen LogP contribution in [0.1, 0.15) is 50.2 Å². The van der Waals surface area contributed by atoms with Crippen molar-refractivity contribution >= 4 is 21.9 Å². The summed E-state index contributed by atoms with van der Waals surface area (Å²) in [5.41, 5.74) is 2.09. The van der Waals surface area contributed by atoms with E-state index in [2.05, 4.69) is 35.8 Å². The molecule has 104 valence electrons. The Balaban J connectivity index is 2.55. The number of hydrogen-bond acceptors (Lipinski definition) is 2. The van der Waals surface area contributed by atoms with Crippen LogP contribution in [0.15, 0.2) is 16.6 Å². The van der Waals surface area contributed by atoms with Gasteiger partial charge in [0.2, 0.25) is 0 Å². The van der Waals surface area contributed by atoms with Gasteiger partial charge in [-0.05, 0) is 36.5 Å². The number of aliphatic carboxylic acids is 1. The van der Waals surface area contributed by atoms with E-state index in [9.17, 15) is 4.79 Å². The summed E-state index contributed by atoms with van der Waals surface area (Å²) < 4.78 is 6.42. The van der Waals surface area contributed by atoms with Gasteiger partial charge >= 0.3 is 5.97 Å². The van der Waals surface area contributed by atoms with E-state index in [4.69, 9.17) is 9.84 Å². The first-order valence-corrected chi connectivity index (χ1v) is 7.28. The van der Waals surface area contributed by atoms with Crippen molar-refractivity contribution in [2.24, 2.45) is 0 Å². The molecule has 0 radical (unpaired) electrons. The van der Waals surface area contributed by atoms with Crippen molar-refractivity contribution < 1.29 is 14.6 Å². The van der Waals surface area contributed by atoms with E-state index in [0.29, 0.717) is 5.92 Å². The van der Waals surface area contributed by atoms with Gasteiger partial charge in [0.1, 0.15) is 5.75 Å². The lowest BCUT2D eigenvalue weighted by molar-refractivity contribution is -0.137. The van der Waals surface area contributed by atoms with Gasteiger partial charge in [-0.15, -0.1) is 0 Å². The molecule has 19 heavy (non-hydrogen) atoms. The molecule has 4 heteroatoms. The van der Waals surface area contributed by atoms with Crippen molar-refractivity contribution in [3.8, 4) is 5.75 Å². The first-order valence-electron chi connectivity index (χ1n) is 6.49. The molecule has 0 aromatic heterocycles. The Bertz CT molecular complexity index is 504. The molecule has 1 aromatic rings. The summed E-state index contributed by atoms with van der Waals surface area (Å²) in [6, 6.07) is 4.02. The summed E-state index contributed by atoms with van der Waals surface area (Å²) in [5, 5.41) is 9.13. The van der Waals surface area contributed by atoms with Crippen molar-refractivity contribution in [3.63, 3.8) is 0 Å². The first kappa shape index (κ1) is 14.4. The Morgan fingerprint density at radius 2 is 2.11 bits per heavy atom. The molecule has 1 saturated carbocycles. The summed E-state index contributed by atoms with van der Waals surface area (Å²) in [7, 11) is 1.66. The van der Waals surface area contributed by atoms with Crippen LogP contribution in [0.2, 0.25) is 0 Å². The molecule has 0 spiro atoms. The van der Waals surface area contributed by atoms with Crippen LogP contribution < -0.4 is 4.74 Å². The lowest BCUT2D eigenvalue weighted by Crippen LogP contribution is -2.16. The van der Waals surface area contributed by atoms with E-state index in [1.165, 1.54) is 0 Å². The Kier molecular flexibility index (Phi) is 3.90. The quantitative estimate of drug-likeness (QED) is 0.886. The molecule has 0 atom stereocenters. The number of carbonyl (C=O) groups is 1. The van der Waals surface area contributed by atoms with E-state index in [1.807, 2.05) is 6.07 Å². The summed E-state index contributed by atoms with van der Waals surface area (Å²) in [5.74, 6) is 0.423. The minimum absolute atomic E-state index is 0.192. The third kappa shape index (κ3) is 2.78. The van der Waals surface area contributed by atoms with Crippen LogP contribution in [0, 0.1) is 0 Å². The summed E-state index contributed by atoms with van der Waals surface area (Å²) in [4.78, 5) is 11.1. The topological polar surface area (TPSA) is 46.5 Å². The molecule has 1 aliphatic carbocycles. The SMILES string of the molecule is COc1cc(Br)cc(C2(CC(=O)O)CC2)c1C(C)C. The minimum Gasteiger partial charge on any atom is -0.496 e. The number of hydrogen-bond donors (Lipinski definition) is 1. The fourth-order valence-corrected chi connectivity index (χ4v) is 3.21. The molecule has 1 aliphatic rings. The van der Waals surface area contributed by atoms with Crippen LogP contribution in [0.25, 0.3) is 0 Å². The highest BCUT2D eigenvalue weighted by atomic mass is 79.9. The predicted octanol–water partition coefficient (Wildman–Crippen LogP) is 4.09. The lowest BCUT2D eigenvalue weighted by atomic mass is 9.84. The first-order chi connectivity index (χ1) is 8.89. The summed E-state index contributed by atoms with van der Waals surface area (Å²) >= 11 is 3.50. The molecule has 0 heterocycles. The third-order valence-corrected chi connectivity index (χ3v) is 4.28. The second kappa shape index (κ2) is 5.16. The molecular weight excluding hydrogens is 308 g/mol. The zero-order valence-electron chi connectivity index (χ0n) is 11.5. The van der Waals surface area contributed by atoms with Gasteiger partial charge in [-0.2, -0.15) is 0 Å². The van der Waals surface area contributed by atoms with Crippen molar-refractivity contribution in [1.82, 2.24) is 0 Å². The second-order valence-electron chi connectivity index (χ2n) is 5.57. The standard InChI is InChI=1S/C15H19BrO3/c1-9(2)14-11(6-10(16)7-12(14)19-3)15(4-5-15)8-13(17)18/h6-7,9H,4-5,8H2,1-3H3,(H,17,18). The van der Waals surface area contributed by atoms with Crippen LogP contribution >= 0.6 is 15.9 Å². The number of methoxy groups -OCH3 is 1. The molecule has 1 N–H and O–H groups in total.